The van der Waals surface area contributed by atoms with Crippen LogP contribution in [-0.2, 0) is 17.8 Å². The summed E-state index contributed by atoms with van der Waals surface area (Å²) in [5.74, 6) is 2.61. The maximum absolute atomic E-state index is 13.0. The molecule has 1 amide bonds. The molecule has 2 aliphatic heterocycles. The molecule has 162 valence electrons. The lowest BCUT2D eigenvalue weighted by atomic mass is 9.97. The zero-order chi connectivity index (χ0) is 21.2. The number of rotatable bonds is 4. The molecule has 0 saturated carbocycles. The van der Waals surface area contributed by atoms with Gasteiger partial charge in [-0.1, -0.05) is 12.5 Å². The van der Waals surface area contributed by atoms with E-state index in [1.54, 1.807) is 13.4 Å². The van der Waals surface area contributed by atoms with Gasteiger partial charge in [0.1, 0.15) is 17.9 Å². The monoisotopic (exact) mass is 420 g/mol. The molecule has 0 unspecified atom stereocenters. The van der Waals surface area contributed by atoms with Gasteiger partial charge in [0.15, 0.2) is 17.0 Å². The summed E-state index contributed by atoms with van der Waals surface area (Å²) in [5, 5.41) is 3.04. The Morgan fingerprint density at radius 1 is 1.16 bits per heavy atom. The van der Waals surface area contributed by atoms with E-state index in [4.69, 9.17) is 9.72 Å². The van der Waals surface area contributed by atoms with Crippen LogP contribution in [0.1, 0.15) is 37.9 Å². The van der Waals surface area contributed by atoms with Crippen LogP contribution in [0.3, 0.4) is 0 Å². The first kappa shape index (κ1) is 19.8. The summed E-state index contributed by atoms with van der Waals surface area (Å²) in [5.41, 5.74) is 2.54. The second-order valence-electron chi connectivity index (χ2n) is 8.37. The number of aromatic nitrogens is 4. The third-order valence-electron chi connectivity index (χ3n) is 6.30. The molecule has 1 aromatic carbocycles. The van der Waals surface area contributed by atoms with E-state index in [1.165, 1.54) is 12.8 Å². The van der Waals surface area contributed by atoms with Crippen molar-refractivity contribution in [3.63, 3.8) is 0 Å². The number of hydrogen-bond donors (Lipinski definition) is 1. The highest BCUT2D eigenvalue weighted by Gasteiger charge is 2.29. The Balaban J connectivity index is 1.36. The fourth-order valence-electron chi connectivity index (χ4n) is 4.69. The smallest absolute Gasteiger partial charge is 0.229 e. The van der Waals surface area contributed by atoms with Crippen LogP contribution in [0.4, 0.5) is 11.5 Å². The lowest BCUT2D eigenvalue weighted by Crippen LogP contribution is -2.41. The molecule has 1 saturated heterocycles. The normalized spacial score (nSPS) is 19.0. The van der Waals surface area contributed by atoms with Gasteiger partial charge in [-0.15, -0.1) is 0 Å². The second-order valence-corrected chi connectivity index (χ2v) is 8.37. The molecule has 1 N–H and O–H groups in total. The zero-order valence-corrected chi connectivity index (χ0v) is 17.9. The molecule has 1 fully saturated rings. The predicted molar refractivity (Wildman–Crippen MR) is 119 cm³/mol. The van der Waals surface area contributed by atoms with Gasteiger partial charge < -0.3 is 19.5 Å². The number of fused-ring (bicyclic) bond motifs is 3. The van der Waals surface area contributed by atoms with Crippen molar-refractivity contribution in [3.05, 3.63) is 36.4 Å². The second kappa shape index (κ2) is 8.53. The third kappa shape index (κ3) is 3.94. The summed E-state index contributed by atoms with van der Waals surface area (Å²) in [6.07, 6.45) is 7.99. The van der Waals surface area contributed by atoms with Crippen LogP contribution in [0, 0.1) is 5.92 Å². The van der Waals surface area contributed by atoms with Gasteiger partial charge in [-0.3, -0.25) is 4.79 Å². The molecule has 0 bridgehead atoms. The SMILES string of the molecule is COc1cccc(NC(=O)[C@H]2CCCN(c3ncnc4c3nc3n4CCCCC3)C2)c1. The molecule has 0 spiro atoms. The van der Waals surface area contributed by atoms with Crippen molar-refractivity contribution < 1.29 is 9.53 Å². The molecule has 8 heteroatoms. The van der Waals surface area contributed by atoms with Crippen molar-refractivity contribution in [3.8, 4) is 5.75 Å². The first-order valence-corrected chi connectivity index (χ1v) is 11.1. The number of aryl methyl sites for hydroxylation is 2. The minimum atomic E-state index is -0.106. The lowest BCUT2D eigenvalue weighted by Gasteiger charge is -2.32. The molecule has 2 aromatic heterocycles. The summed E-state index contributed by atoms with van der Waals surface area (Å²) < 4.78 is 7.51. The van der Waals surface area contributed by atoms with E-state index in [2.05, 4.69) is 24.8 Å². The molecule has 4 heterocycles. The molecular weight excluding hydrogens is 392 g/mol. The van der Waals surface area contributed by atoms with Crippen LogP contribution in [-0.4, -0.2) is 45.6 Å². The number of benzene rings is 1. The number of methoxy groups -OCH3 is 1. The Morgan fingerprint density at radius 2 is 2.10 bits per heavy atom. The maximum Gasteiger partial charge on any atom is 0.229 e. The number of nitrogens with zero attached hydrogens (tertiary/aromatic N) is 5. The van der Waals surface area contributed by atoms with Crippen molar-refractivity contribution in [2.24, 2.45) is 5.92 Å². The Morgan fingerprint density at radius 3 is 3.00 bits per heavy atom. The summed E-state index contributed by atoms with van der Waals surface area (Å²) in [6, 6.07) is 7.46. The average molecular weight is 421 g/mol. The van der Waals surface area contributed by atoms with Gasteiger partial charge in [-0.05, 0) is 37.8 Å². The predicted octanol–water partition coefficient (Wildman–Crippen LogP) is 3.42. The summed E-state index contributed by atoms with van der Waals surface area (Å²) in [7, 11) is 1.62. The number of amides is 1. The number of carbonyl (C=O) groups excluding carboxylic acids is 1. The van der Waals surface area contributed by atoms with Crippen molar-refractivity contribution in [1.82, 2.24) is 19.5 Å². The number of imidazole rings is 1. The van der Waals surface area contributed by atoms with Crippen molar-refractivity contribution in [2.75, 3.05) is 30.4 Å². The third-order valence-corrected chi connectivity index (χ3v) is 6.30. The lowest BCUT2D eigenvalue weighted by molar-refractivity contribution is -0.120. The van der Waals surface area contributed by atoms with Crippen LogP contribution < -0.4 is 15.0 Å². The van der Waals surface area contributed by atoms with E-state index in [0.717, 1.165) is 73.0 Å². The number of nitrogens with one attached hydrogen (secondary N) is 1. The van der Waals surface area contributed by atoms with Gasteiger partial charge in [0.2, 0.25) is 5.91 Å². The van der Waals surface area contributed by atoms with Gasteiger partial charge in [-0.25, -0.2) is 15.0 Å². The standard InChI is InChI=1S/C23H28N6O2/c1-31-18-9-5-8-17(13-18)26-23(30)16-7-6-11-28(14-16)21-20-22(25-15-24-21)29-12-4-2-3-10-19(29)27-20/h5,8-9,13,15-16H,2-4,6-7,10-12,14H2,1H3,(H,26,30)/t16-/m0/s1. The Bertz CT molecular complexity index is 1090. The maximum atomic E-state index is 13.0. The van der Waals surface area contributed by atoms with Crippen molar-refractivity contribution >= 4 is 28.6 Å². The highest BCUT2D eigenvalue weighted by atomic mass is 16.5. The quantitative estimate of drug-likeness (QED) is 0.696. The van der Waals surface area contributed by atoms with Crippen LogP contribution in [0.5, 0.6) is 5.75 Å². The van der Waals surface area contributed by atoms with E-state index in [0.29, 0.717) is 6.54 Å². The van der Waals surface area contributed by atoms with E-state index in [-0.39, 0.29) is 11.8 Å². The minimum Gasteiger partial charge on any atom is -0.497 e. The first-order chi connectivity index (χ1) is 15.2. The van der Waals surface area contributed by atoms with Crippen LogP contribution in [0.2, 0.25) is 0 Å². The molecule has 2 aliphatic rings. The molecule has 0 aliphatic carbocycles. The van der Waals surface area contributed by atoms with Crippen molar-refractivity contribution in [2.45, 2.75) is 45.1 Å². The molecule has 31 heavy (non-hydrogen) atoms. The average Bonchev–Trinajstić information content (AvgIpc) is 3.00. The van der Waals surface area contributed by atoms with E-state index < -0.39 is 0 Å². The van der Waals surface area contributed by atoms with Gasteiger partial charge in [0, 0.05) is 37.8 Å². The first-order valence-electron chi connectivity index (χ1n) is 11.1. The molecule has 5 rings (SSSR count). The molecule has 3 aromatic rings. The Hall–Kier alpha value is -3.16. The van der Waals surface area contributed by atoms with E-state index in [9.17, 15) is 4.79 Å². The Labute approximate surface area is 181 Å². The number of hydrogen-bond acceptors (Lipinski definition) is 6. The van der Waals surface area contributed by atoms with Crippen LogP contribution in [0.25, 0.3) is 11.2 Å². The highest BCUT2D eigenvalue weighted by molar-refractivity contribution is 5.93. The fourth-order valence-corrected chi connectivity index (χ4v) is 4.69. The summed E-state index contributed by atoms with van der Waals surface area (Å²) >= 11 is 0. The highest BCUT2D eigenvalue weighted by Crippen LogP contribution is 2.30. The molecule has 0 radical (unpaired) electrons. The van der Waals surface area contributed by atoms with Crippen LogP contribution in [0.15, 0.2) is 30.6 Å². The molecular formula is C23H28N6O2. The number of piperidine rings is 1. The number of carbonyl (C=O) groups is 1. The van der Waals surface area contributed by atoms with Gasteiger partial charge in [-0.2, -0.15) is 0 Å². The summed E-state index contributed by atoms with van der Waals surface area (Å²) in [6.45, 7) is 2.47. The largest absolute Gasteiger partial charge is 0.497 e. The zero-order valence-electron chi connectivity index (χ0n) is 17.9. The fraction of sp³-hybridized carbons (Fsp3) is 0.478. The van der Waals surface area contributed by atoms with E-state index in [1.807, 2.05) is 24.3 Å². The minimum absolute atomic E-state index is 0.0314. The van der Waals surface area contributed by atoms with Crippen LogP contribution >= 0.6 is 0 Å². The van der Waals surface area contributed by atoms with Gasteiger partial charge >= 0.3 is 0 Å². The Kier molecular flexibility index (Phi) is 5.44. The van der Waals surface area contributed by atoms with Gasteiger partial charge in [0.25, 0.3) is 0 Å². The topological polar surface area (TPSA) is 85.2 Å². The molecule has 1 atom stereocenters. The van der Waals surface area contributed by atoms with Crippen molar-refractivity contribution in [1.29, 1.82) is 0 Å². The molecule has 8 nitrogen and oxygen atoms in total. The van der Waals surface area contributed by atoms with Gasteiger partial charge in [0.05, 0.1) is 13.0 Å². The van der Waals surface area contributed by atoms with E-state index >= 15 is 0 Å². The number of anilines is 2. The number of ether oxygens (including phenoxy) is 1. The summed E-state index contributed by atoms with van der Waals surface area (Å²) in [4.78, 5) is 29.2.